The molecule has 0 spiro atoms. The largest absolute Gasteiger partial charge is 0.385 e. The summed E-state index contributed by atoms with van der Waals surface area (Å²) in [7, 11) is 1.62. The first-order chi connectivity index (χ1) is 9.65. The predicted molar refractivity (Wildman–Crippen MR) is 83.0 cm³/mol. The summed E-state index contributed by atoms with van der Waals surface area (Å²) in [4.78, 5) is 12.3. The molecule has 20 heavy (non-hydrogen) atoms. The highest BCUT2D eigenvalue weighted by molar-refractivity contribution is 7.99. The van der Waals surface area contributed by atoms with Crippen molar-refractivity contribution in [3.8, 4) is 0 Å². The Balaban J connectivity index is 2.01. The van der Waals surface area contributed by atoms with Gasteiger partial charge in [0, 0.05) is 18.3 Å². The number of hydrogen-bond donors (Lipinski definition) is 2. The number of carbonyl (C=O) groups excluding carboxylic acids is 1. The number of nitrogens with one attached hydrogen (secondary N) is 2. The third kappa shape index (κ3) is 3.45. The zero-order chi connectivity index (χ0) is 14.5. The Kier molecular flexibility index (Phi) is 5.29. The van der Waals surface area contributed by atoms with Crippen molar-refractivity contribution in [2.75, 3.05) is 18.1 Å². The van der Waals surface area contributed by atoms with Crippen LogP contribution in [0.25, 0.3) is 0 Å². The van der Waals surface area contributed by atoms with E-state index in [0.29, 0.717) is 10.8 Å². The first-order valence-electron chi connectivity index (χ1n) is 7.04. The molecule has 1 amide bonds. The summed E-state index contributed by atoms with van der Waals surface area (Å²) < 4.78 is 13.6. The van der Waals surface area contributed by atoms with Crippen LogP contribution in [0.15, 0.2) is 18.2 Å². The van der Waals surface area contributed by atoms with Crippen LogP contribution < -0.4 is 10.6 Å². The van der Waals surface area contributed by atoms with Crippen molar-refractivity contribution in [1.29, 1.82) is 0 Å². The first kappa shape index (κ1) is 15.2. The maximum atomic E-state index is 13.6. The molecule has 0 aromatic heterocycles. The number of halogens is 1. The van der Waals surface area contributed by atoms with Gasteiger partial charge in [-0.05, 0) is 37.1 Å². The standard InChI is InChI=1S/C15H21FN2OS/c1-3-20-11-8-7-10(9-11)18-15(19)12-5-4-6-13(16)14(12)17-2/h4-6,10-11,17H,3,7-9H2,1-2H3,(H,18,19). The summed E-state index contributed by atoms with van der Waals surface area (Å²) in [5.41, 5.74) is 0.640. The van der Waals surface area contributed by atoms with Crippen LogP contribution in [0.2, 0.25) is 0 Å². The van der Waals surface area contributed by atoms with Gasteiger partial charge in [0.1, 0.15) is 5.82 Å². The molecule has 5 heteroatoms. The zero-order valence-electron chi connectivity index (χ0n) is 11.9. The van der Waals surface area contributed by atoms with Gasteiger partial charge in [-0.3, -0.25) is 4.79 Å². The molecule has 0 bridgehead atoms. The highest BCUT2D eigenvalue weighted by atomic mass is 32.2. The lowest BCUT2D eigenvalue weighted by molar-refractivity contribution is 0.0938. The minimum Gasteiger partial charge on any atom is -0.385 e. The minimum atomic E-state index is -0.397. The van der Waals surface area contributed by atoms with E-state index in [4.69, 9.17) is 0 Å². The van der Waals surface area contributed by atoms with E-state index in [0.717, 1.165) is 25.0 Å². The van der Waals surface area contributed by atoms with Gasteiger partial charge in [0.15, 0.2) is 0 Å². The fraction of sp³-hybridized carbons (Fsp3) is 0.533. The van der Waals surface area contributed by atoms with E-state index in [1.807, 2.05) is 11.8 Å². The van der Waals surface area contributed by atoms with Crippen LogP contribution in [0.3, 0.4) is 0 Å². The van der Waals surface area contributed by atoms with Crippen LogP contribution in [0.1, 0.15) is 36.5 Å². The van der Waals surface area contributed by atoms with Crippen LogP contribution in [0.4, 0.5) is 10.1 Å². The second kappa shape index (κ2) is 6.97. The monoisotopic (exact) mass is 296 g/mol. The molecule has 1 aliphatic rings. The van der Waals surface area contributed by atoms with E-state index in [1.54, 1.807) is 19.2 Å². The van der Waals surface area contributed by atoms with Crippen molar-refractivity contribution in [1.82, 2.24) is 5.32 Å². The number of hydrogen-bond acceptors (Lipinski definition) is 3. The Bertz CT molecular complexity index is 481. The fourth-order valence-electron chi connectivity index (χ4n) is 2.69. The van der Waals surface area contributed by atoms with Gasteiger partial charge in [0.25, 0.3) is 5.91 Å². The molecule has 110 valence electrons. The first-order valence-corrected chi connectivity index (χ1v) is 8.09. The van der Waals surface area contributed by atoms with Crippen molar-refractivity contribution >= 4 is 23.4 Å². The predicted octanol–water partition coefficient (Wildman–Crippen LogP) is 3.27. The molecule has 0 aliphatic heterocycles. The van der Waals surface area contributed by atoms with E-state index in [9.17, 15) is 9.18 Å². The molecule has 2 N–H and O–H groups in total. The Morgan fingerprint density at radius 2 is 2.25 bits per heavy atom. The van der Waals surface area contributed by atoms with E-state index in [-0.39, 0.29) is 17.6 Å². The maximum absolute atomic E-state index is 13.6. The lowest BCUT2D eigenvalue weighted by Gasteiger charge is -2.15. The highest BCUT2D eigenvalue weighted by Crippen LogP contribution is 2.30. The SMILES string of the molecule is CCSC1CCC(NC(=O)c2cccc(F)c2NC)C1. The molecule has 1 saturated carbocycles. The third-order valence-electron chi connectivity index (χ3n) is 3.63. The summed E-state index contributed by atoms with van der Waals surface area (Å²) in [5.74, 6) is 0.519. The maximum Gasteiger partial charge on any atom is 0.253 e. The molecule has 2 unspecified atom stereocenters. The molecular weight excluding hydrogens is 275 g/mol. The van der Waals surface area contributed by atoms with Gasteiger partial charge in [-0.15, -0.1) is 0 Å². The molecule has 1 aliphatic carbocycles. The summed E-state index contributed by atoms with van der Waals surface area (Å²) in [6.45, 7) is 2.16. The lowest BCUT2D eigenvalue weighted by Crippen LogP contribution is -2.33. The van der Waals surface area contributed by atoms with Gasteiger partial charge in [-0.25, -0.2) is 4.39 Å². The number of thioether (sulfide) groups is 1. The van der Waals surface area contributed by atoms with Gasteiger partial charge < -0.3 is 10.6 Å². The molecule has 1 fully saturated rings. The van der Waals surface area contributed by atoms with E-state index < -0.39 is 5.82 Å². The Morgan fingerprint density at radius 3 is 2.95 bits per heavy atom. The number of amides is 1. The van der Waals surface area contributed by atoms with Gasteiger partial charge >= 0.3 is 0 Å². The molecule has 1 aromatic rings. The van der Waals surface area contributed by atoms with Crippen LogP contribution in [-0.4, -0.2) is 30.0 Å². The zero-order valence-corrected chi connectivity index (χ0v) is 12.7. The lowest BCUT2D eigenvalue weighted by atomic mass is 10.1. The average molecular weight is 296 g/mol. The van der Waals surface area contributed by atoms with Crippen molar-refractivity contribution in [3.63, 3.8) is 0 Å². The third-order valence-corrected chi connectivity index (χ3v) is 4.86. The molecular formula is C15H21FN2OS. The van der Waals surface area contributed by atoms with E-state index >= 15 is 0 Å². The van der Waals surface area contributed by atoms with Crippen LogP contribution in [-0.2, 0) is 0 Å². The Hall–Kier alpha value is -1.23. The molecule has 3 nitrogen and oxygen atoms in total. The van der Waals surface area contributed by atoms with E-state index in [1.165, 1.54) is 6.07 Å². The van der Waals surface area contributed by atoms with Crippen LogP contribution in [0.5, 0.6) is 0 Å². The van der Waals surface area contributed by atoms with Gasteiger partial charge in [0.2, 0.25) is 0 Å². The van der Waals surface area contributed by atoms with E-state index in [2.05, 4.69) is 17.6 Å². The number of anilines is 1. The topological polar surface area (TPSA) is 41.1 Å². The second-order valence-corrected chi connectivity index (χ2v) is 6.55. The average Bonchev–Trinajstić information content (AvgIpc) is 2.86. The quantitative estimate of drug-likeness (QED) is 0.876. The molecule has 0 saturated heterocycles. The summed E-state index contributed by atoms with van der Waals surface area (Å²) in [5, 5.41) is 6.43. The number of benzene rings is 1. The summed E-state index contributed by atoms with van der Waals surface area (Å²) in [6.07, 6.45) is 3.16. The van der Waals surface area contributed by atoms with Gasteiger partial charge in [-0.2, -0.15) is 11.8 Å². The Morgan fingerprint density at radius 1 is 1.45 bits per heavy atom. The van der Waals surface area contributed by atoms with Crippen molar-refractivity contribution in [2.45, 2.75) is 37.5 Å². The van der Waals surface area contributed by atoms with Crippen LogP contribution >= 0.6 is 11.8 Å². The summed E-state index contributed by atoms with van der Waals surface area (Å²) >= 11 is 1.95. The number of carbonyl (C=O) groups is 1. The van der Waals surface area contributed by atoms with Crippen molar-refractivity contribution in [3.05, 3.63) is 29.6 Å². The fourth-order valence-corrected chi connectivity index (χ4v) is 3.83. The minimum absolute atomic E-state index is 0.194. The highest BCUT2D eigenvalue weighted by Gasteiger charge is 2.26. The number of rotatable bonds is 5. The van der Waals surface area contributed by atoms with Crippen LogP contribution in [0, 0.1) is 5.82 Å². The number of para-hydroxylation sites is 1. The van der Waals surface area contributed by atoms with Crippen molar-refractivity contribution < 1.29 is 9.18 Å². The van der Waals surface area contributed by atoms with Gasteiger partial charge in [-0.1, -0.05) is 13.0 Å². The summed E-state index contributed by atoms with van der Waals surface area (Å²) in [6, 6.07) is 4.78. The van der Waals surface area contributed by atoms with Gasteiger partial charge in [0.05, 0.1) is 11.3 Å². The normalized spacial score (nSPS) is 21.8. The molecule has 1 aromatic carbocycles. The second-order valence-electron chi connectivity index (χ2n) is 4.97. The Labute approximate surface area is 123 Å². The smallest absolute Gasteiger partial charge is 0.253 e. The molecule has 2 atom stereocenters. The molecule has 2 rings (SSSR count). The van der Waals surface area contributed by atoms with Crippen molar-refractivity contribution in [2.24, 2.45) is 0 Å². The molecule has 0 heterocycles. The molecule has 0 radical (unpaired) electrons.